The second kappa shape index (κ2) is 10.00. The Hall–Kier alpha value is -0.300. The fourth-order valence-electron chi connectivity index (χ4n) is 3.55. The fraction of sp³-hybridized carbons (Fsp3) is 0.625. The molecule has 2 saturated heterocycles. The minimum Gasteiger partial charge on any atom is -0.505 e. The number of piperazine rings is 1. The summed E-state index contributed by atoms with van der Waals surface area (Å²) in [5.74, 6) is -0.592. The zero-order valence-corrected chi connectivity index (χ0v) is 15.7. The zero-order chi connectivity index (χ0) is 15.5. The molecular formula is C16H24Cl3FN2O2. The maximum absolute atomic E-state index is 13.9. The number of halogens is 4. The molecule has 2 fully saturated rings. The summed E-state index contributed by atoms with van der Waals surface area (Å²) in [5, 5.41) is 14.0. The van der Waals surface area contributed by atoms with Gasteiger partial charge in [0.2, 0.25) is 0 Å². The molecule has 2 aliphatic heterocycles. The smallest absolute Gasteiger partial charge is 0.165 e. The minimum atomic E-state index is -0.605. The van der Waals surface area contributed by atoms with Crippen molar-refractivity contribution < 1.29 is 14.2 Å². The molecule has 3 rings (SSSR count). The number of nitrogens with zero attached hydrogens (tertiary/aromatic N) is 1. The number of hydrogen-bond acceptors (Lipinski definition) is 4. The lowest BCUT2D eigenvalue weighted by molar-refractivity contribution is 0.0205. The van der Waals surface area contributed by atoms with Crippen molar-refractivity contribution in [1.82, 2.24) is 10.2 Å². The average molecular weight is 402 g/mol. The van der Waals surface area contributed by atoms with Crippen LogP contribution in [-0.4, -0.2) is 49.4 Å². The zero-order valence-electron chi connectivity index (χ0n) is 13.3. The first-order valence-corrected chi connectivity index (χ1v) is 8.25. The first-order valence-electron chi connectivity index (χ1n) is 7.88. The third-order valence-corrected chi connectivity index (χ3v) is 5.00. The number of benzene rings is 1. The van der Waals surface area contributed by atoms with E-state index in [0.717, 1.165) is 39.0 Å². The Morgan fingerprint density at radius 1 is 1.21 bits per heavy atom. The van der Waals surface area contributed by atoms with Crippen LogP contribution in [0.3, 0.4) is 0 Å². The summed E-state index contributed by atoms with van der Waals surface area (Å²) in [7, 11) is 0. The highest BCUT2D eigenvalue weighted by Crippen LogP contribution is 2.43. The largest absolute Gasteiger partial charge is 0.505 e. The third-order valence-electron chi connectivity index (χ3n) is 4.67. The standard InChI is InChI=1S/C16H22ClFN2O2.2ClH/c17-12-1-2-13(18)16(21)14(12)15(11-3-9-22-10-4-11)20-7-5-19-6-8-20;;/h1-2,11,15,19,21H,3-10H2;2*1H/t15-;;/m1../s1. The first-order chi connectivity index (χ1) is 10.7. The molecule has 0 radical (unpaired) electrons. The predicted octanol–water partition coefficient (Wildman–Crippen LogP) is 3.40. The molecule has 2 aliphatic rings. The monoisotopic (exact) mass is 400 g/mol. The van der Waals surface area contributed by atoms with Gasteiger partial charge in [-0.05, 0) is 30.9 Å². The molecule has 1 aromatic rings. The number of aromatic hydroxyl groups is 1. The van der Waals surface area contributed by atoms with E-state index in [1.54, 1.807) is 6.07 Å². The molecular weight excluding hydrogens is 378 g/mol. The van der Waals surface area contributed by atoms with Crippen molar-refractivity contribution in [2.45, 2.75) is 18.9 Å². The maximum Gasteiger partial charge on any atom is 0.165 e. The van der Waals surface area contributed by atoms with Gasteiger partial charge < -0.3 is 15.2 Å². The van der Waals surface area contributed by atoms with Gasteiger partial charge in [-0.1, -0.05) is 11.6 Å². The summed E-state index contributed by atoms with van der Waals surface area (Å²) < 4.78 is 19.3. The van der Waals surface area contributed by atoms with Crippen molar-refractivity contribution >= 4 is 36.4 Å². The Morgan fingerprint density at radius 3 is 2.46 bits per heavy atom. The summed E-state index contributed by atoms with van der Waals surface area (Å²) in [5.41, 5.74) is 0.537. The topological polar surface area (TPSA) is 44.7 Å². The highest BCUT2D eigenvalue weighted by molar-refractivity contribution is 6.31. The SMILES string of the molecule is Cl.Cl.Oc1c(F)ccc(Cl)c1[C@@H](C1CCOCC1)N1CCNCC1. The van der Waals surface area contributed by atoms with E-state index in [1.165, 1.54) is 6.07 Å². The van der Waals surface area contributed by atoms with Gasteiger partial charge in [-0.25, -0.2) is 4.39 Å². The van der Waals surface area contributed by atoms with Crippen LogP contribution < -0.4 is 5.32 Å². The van der Waals surface area contributed by atoms with E-state index in [9.17, 15) is 9.50 Å². The van der Waals surface area contributed by atoms with E-state index in [4.69, 9.17) is 16.3 Å². The molecule has 24 heavy (non-hydrogen) atoms. The summed E-state index contributed by atoms with van der Waals surface area (Å²) in [6.45, 7) is 4.95. The lowest BCUT2D eigenvalue weighted by atomic mass is 9.85. The van der Waals surface area contributed by atoms with Gasteiger partial charge in [0.1, 0.15) is 0 Å². The Morgan fingerprint density at radius 2 is 1.83 bits per heavy atom. The van der Waals surface area contributed by atoms with E-state index in [2.05, 4.69) is 10.2 Å². The van der Waals surface area contributed by atoms with Crippen LogP contribution >= 0.6 is 36.4 Å². The molecule has 2 N–H and O–H groups in total. The quantitative estimate of drug-likeness (QED) is 0.815. The Kier molecular flexibility index (Phi) is 9.06. The number of ether oxygens (including phenoxy) is 1. The van der Waals surface area contributed by atoms with Crippen molar-refractivity contribution in [3.8, 4) is 5.75 Å². The van der Waals surface area contributed by atoms with Gasteiger partial charge in [-0.3, -0.25) is 4.90 Å². The molecule has 0 spiro atoms. The molecule has 4 nitrogen and oxygen atoms in total. The van der Waals surface area contributed by atoms with E-state index >= 15 is 0 Å². The summed E-state index contributed by atoms with van der Waals surface area (Å²) >= 11 is 6.33. The lowest BCUT2D eigenvalue weighted by Gasteiger charge is -2.41. The van der Waals surface area contributed by atoms with E-state index < -0.39 is 5.82 Å². The van der Waals surface area contributed by atoms with Crippen LogP contribution in [0.2, 0.25) is 5.02 Å². The van der Waals surface area contributed by atoms with Gasteiger partial charge in [0.05, 0.1) is 0 Å². The van der Waals surface area contributed by atoms with Gasteiger partial charge in [0.15, 0.2) is 11.6 Å². The molecule has 1 atom stereocenters. The van der Waals surface area contributed by atoms with E-state index in [1.807, 2.05) is 0 Å². The molecule has 0 saturated carbocycles. The number of phenolic OH excluding ortho intramolecular Hbond substituents is 1. The van der Waals surface area contributed by atoms with Crippen molar-refractivity contribution in [3.63, 3.8) is 0 Å². The van der Waals surface area contributed by atoms with Gasteiger partial charge in [-0.15, -0.1) is 24.8 Å². The summed E-state index contributed by atoms with van der Waals surface area (Å²) in [4.78, 5) is 2.31. The molecule has 138 valence electrons. The second-order valence-electron chi connectivity index (χ2n) is 5.97. The summed E-state index contributed by atoms with van der Waals surface area (Å²) in [6, 6.07) is 2.70. The normalized spacial score (nSPS) is 20.8. The van der Waals surface area contributed by atoms with Crippen LogP contribution in [0.4, 0.5) is 4.39 Å². The van der Waals surface area contributed by atoms with Gasteiger partial charge in [0, 0.05) is 56.0 Å². The molecule has 8 heteroatoms. The van der Waals surface area contributed by atoms with Crippen molar-refractivity contribution in [3.05, 3.63) is 28.5 Å². The molecule has 1 aromatic carbocycles. The second-order valence-corrected chi connectivity index (χ2v) is 6.38. The van der Waals surface area contributed by atoms with Crippen LogP contribution in [0.25, 0.3) is 0 Å². The Labute approximate surface area is 159 Å². The van der Waals surface area contributed by atoms with Gasteiger partial charge in [0.25, 0.3) is 0 Å². The van der Waals surface area contributed by atoms with Crippen molar-refractivity contribution in [2.75, 3.05) is 39.4 Å². The summed E-state index contributed by atoms with van der Waals surface area (Å²) in [6.07, 6.45) is 1.81. The average Bonchev–Trinajstić information content (AvgIpc) is 2.57. The predicted molar refractivity (Wildman–Crippen MR) is 98.3 cm³/mol. The highest BCUT2D eigenvalue weighted by atomic mass is 35.5. The molecule has 0 bridgehead atoms. The Bertz CT molecular complexity index is 506. The molecule has 0 aliphatic carbocycles. The number of hydrogen-bond donors (Lipinski definition) is 2. The minimum absolute atomic E-state index is 0. The molecule has 0 unspecified atom stereocenters. The van der Waals surface area contributed by atoms with Crippen molar-refractivity contribution in [2.24, 2.45) is 5.92 Å². The van der Waals surface area contributed by atoms with E-state index in [0.29, 0.717) is 29.7 Å². The number of rotatable bonds is 3. The van der Waals surface area contributed by atoms with Crippen molar-refractivity contribution in [1.29, 1.82) is 0 Å². The molecule has 0 aromatic heterocycles. The maximum atomic E-state index is 13.9. The van der Waals surface area contributed by atoms with Gasteiger partial charge >= 0.3 is 0 Å². The fourth-order valence-corrected chi connectivity index (χ4v) is 3.81. The molecule has 2 heterocycles. The van der Waals surface area contributed by atoms with Crippen LogP contribution in [0, 0.1) is 11.7 Å². The van der Waals surface area contributed by atoms with Crippen LogP contribution in [0.5, 0.6) is 5.75 Å². The van der Waals surface area contributed by atoms with Gasteiger partial charge in [-0.2, -0.15) is 0 Å². The lowest BCUT2D eigenvalue weighted by Crippen LogP contribution is -2.47. The third kappa shape index (κ3) is 4.65. The first kappa shape index (κ1) is 21.7. The number of phenols is 1. The number of nitrogens with one attached hydrogen (secondary N) is 1. The van der Waals surface area contributed by atoms with E-state index in [-0.39, 0.29) is 36.6 Å². The van der Waals surface area contributed by atoms with Crippen LogP contribution in [0.15, 0.2) is 12.1 Å². The Balaban J connectivity index is 0.00000144. The molecule has 0 amide bonds. The highest BCUT2D eigenvalue weighted by Gasteiger charge is 2.35. The van der Waals surface area contributed by atoms with Crippen LogP contribution in [-0.2, 0) is 4.74 Å². The van der Waals surface area contributed by atoms with Crippen LogP contribution in [0.1, 0.15) is 24.4 Å².